The molecule has 0 saturated heterocycles. The van der Waals surface area contributed by atoms with Crippen LogP contribution in [0.1, 0.15) is 6.92 Å². The van der Waals surface area contributed by atoms with Gasteiger partial charge in [-0.2, -0.15) is 0 Å². The Morgan fingerprint density at radius 2 is 1.68 bits per heavy atom. The van der Waals surface area contributed by atoms with Gasteiger partial charge >= 0.3 is 0 Å². The van der Waals surface area contributed by atoms with E-state index in [0.717, 1.165) is 5.75 Å². The summed E-state index contributed by atoms with van der Waals surface area (Å²) in [7, 11) is 0. The number of halogens is 2. The molecule has 0 aliphatic carbocycles. The van der Waals surface area contributed by atoms with Gasteiger partial charge in [0.05, 0.1) is 18.2 Å². The van der Waals surface area contributed by atoms with Gasteiger partial charge in [0.25, 0.3) is 5.91 Å². The topological polar surface area (TPSA) is 56.8 Å². The van der Waals surface area contributed by atoms with Crippen molar-refractivity contribution in [3.63, 3.8) is 0 Å². The number of nitrogens with one attached hydrogen (secondary N) is 1. The molecule has 2 rings (SSSR count). The van der Waals surface area contributed by atoms with Crippen molar-refractivity contribution >= 4 is 29.1 Å². The second kappa shape index (κ2) is 10.0. The standard InChI is InChI=1S/C18H19Cl2NO4/c1-2-23-13-6-8-14(9-7-13)24-11-10-21-17(22)12-25-16-5-3-4-15(19)18(16)20/h3-9H,2,10-12H2,1H3,(H,21,22). The molecule has 5 nitrogen and oxygen atoms in total. The summed E-state index contributed by atoms with van der Waals surface area (Å²) in [6.07, 6.45) is 0. The summed E-state index contributed by atoms with van der Waals surface area (Å²) in [5.41, 5.74) is 0. The van der Waals surface area contributed by atoms with E-state index in [2.05, 4.69) is 5.32 Å². The maximum Gasteiger partial charge on any atom is 0.258 e. The maximum absolute atomic E-state index is 11.8. The number of carbonyl (C=O) groups excluding carboxylic acids is 1. The molecule has 0 aliphatic rings. The van der Waals surface area contributed by atoms with Gasteiger partial charge in [0.1, 0.15) is 28.9 Å². The molecule has 25 heavy (non-hydrogen) atoms. The fourth-order valence-electron chi connectivity index (χ4n) is 1.95. The summed E-state index contributed by atoms with van der Waals surface area (Å²) < 4.78 is 16.2. The first-order valence-electron chi connectivity index (χ1n) is 7.79. The summed E-state index contributed by atoms with van der Waals surface area (Å²) in [6, 6.07) is 12.3. The van der Waals surface area contributed by atoms with Crippen LogP contribution in [0.5, 0.6) is 17.2 Å². The van der Waals surface area contributed by atoms with E-state index < -0.39 is 0 Å². The molecule has 2 aromatic rings. The van der Waals surface area contributed by atoms with E-state index in [9.17, 15) is 4.79 Å². The van der Waals surface area contributed by atoms with Gasteiger partial charge in [-0.1, -0.05) is 29.3 Å². The zero-order valence-corrected chi connectivity index (χ0v) is 15.3. The zero-order valence-electron chi connectivity index (χ0n) is 13.8. The summed E-state index contributed by atoms with van der Waals surface area (Å²) in [5.74, 6) is 1.60. The second-order valence-corrected chi connectivity index (χ2v) is 5.73. The van der Waals surface area contributed by atoms with Crippen molar-refractivity contribution in [2.75, 3.05) is 26.4 Å². The summed E-state index contributed by atoms with van der Waals surface area (Å²) in [5, 5.41) is 3.37. The fourth-order valence-corrected chi connectivity index (χ4v) is 2.29. The van der Waals surface area contributed by atoms with E-state index in [4.69, 9.17) is 37.4 Å². The van der Waals surface area contributed by atoms with Gasteiger partial charge in [-0.05, 0) is 43.3 Å². The molecule has 0 heterocycles. The molecule has 0 saturated carbocycles. The molecule has 134 valence electrons. The Balaban J connectivity index is 1.66. The molecule has 7 heteroatoms. The van der Waals surface area contributed by atoms with Crippen molar-refractivity contribution < 1.29 is 19.0 Å². The van der Waals surface area contributed by atoms with Crippen LogP contribution in [0.15, 0.2) is 42.5 Å². The molecule has 0 unspecified atom stereocenters. The zero-order chi connectivity index (χ0) is 18.1. The van der Waals surface area contributed by atoms with Crippen molar-refractivity contribution in [3.8, 4) is 17.2 Å². The molecular formula is C18H19Cl2NO4. The lowest BCUT2D eigenvalue weighted by Gasteiger charge is -2.10. The van der Waals surface area contributed by atoms with Crippen molar-refractivity contribution in [1.82, 2.24) is 5.32 Å². The van der Waals surface area contributed by atoms with Crippen LogP contribution in [0.2, 0.25) is 10.0 Å². The molecule has 0 aromatic heterocycles. The molecule has 0 bridgehead atoms. The Morgan fingerprint density at radius 1 is 1.00 bits per heavy atom. The molecule has 0 atom stereocenters. The van der Waals surface area contributed by atoms with Crippen molar-refractivity contribution in [2.45, 2.75) is 6.92 Å². The monoisotopic (exact) mass is 383 g/mol. The molecule has 0 aliphatic heterocycles. The van der Waals surface area contributed by atoms with Crippen molar-refractivity contribution in [2.24, 2.45) is 0 Å². The Kier molecular flexibility index (Phi) is 7.70. The fraction of sp³-hybridized carbons (Fsp3) is 0.278. The third kappa shape index (κ3) is 6.36. The Hall–Kier alpha value is -2.11. The lowest BCUT2D eigenvalue weighted by Crippen LogP contribution is -2.32. The number of carbonyl (C=O) groups is 1. The Labute approximate surface area is 156 Å². The van der Waals surface area contributed by atoms with E-state index in [1.165, 1.54) is 0 Å². The Bertz CT molecular complexity index is 692. The third-order valence-electron chi connectivity index (χ3n) is 3.10. The van der Waals surface area contributed by atoms with Crippen LogP contribution in [0.25, 0.3) is 0 Å². The number of benzene rings is 2. The molecule has 0 radical (unpaired) electrons. The smallest absolute Gasteiger partial charge is 0.258 e. The van der Waals surface area contributed by atoms with Crippen LogP contribution in [0.3, 0.4) is 0 Å². The highest BCUT2D eigenvalue weighted by Crippen LogP contribution is 2.31. The quantitative estimate of drug-likeness (QED) is 0.665. The number of rotatable bonds is 9. The number of hydrogen-bond donors (Lipinski definition) is 1. The maximum atomic E-state index is 11.8. The minimum atomic E-state index is -0.272. The lowest BCUT2D eigenvalue weighted by molar-refractivity contribution is -0.123. The molecule has 0 spiro atoms. The average Bonchev–Trinajstić information content (AvgIpc) is 2.61. The minimum absolute atomic E-state index is 0.150. The van der Waals surface area contributed by atoms with Gasteiger partial charge < -0.3 is 19.5 Å². The SMILES string of the molecule is CCOc1ccc(OCCNC(=O)COc2cccc(Cl)c2Cl)cc1. The van der Waals surface area contributed by atoms with Crippen LogP contribution < -0.4 is 19.5 Å². The van der Waals surface area contributed by atoms with Gasteiger partial charge in [-0.25, -0.2) is 0 Å². The number of hydrogen-bond acceptors (Lipinski definition) is 4. The highest BCUT2D eigenvalue weighted by Gasteiger charge is 2.08. The van der Waals surface area contributed by atoms with Gasteiger partial charge in [0.2, 0.25) is 0 Å². The summed E-state index contributed by atoms with van der Waals surface area (Å²) in [6.45, 7) is 3.10. The van der Waals surface area contributed by atoms with Crippen LogP contribution in [0, 0.1) is 0 Å². The van der Waals surface area contributed by atoms with Crippen molar-refractivity contribution in [1.29, 1.82) is 0 Å². The second-order valence-electron chi connectivity index (χ2n) is 4.94. The van der Waals surface area contributed by atoms with Crippen LogP contribution >= 0.6 is 23.2 Å². The van der Waals surface area contributed by atoms with Gasteiger partial charge in [0, 0.05) is 0 Å². The summed E-state index contributed by atoms with van der Waals surface area (Å²) in [4.78, 5) is 11.8. The predicted molar refractivity (Wildman–Crippen MR) is 98.1 cm³/mol. The minimum Gasteiger partial charge on any atom is -0.494 e. The van der Waals surface area contributed by atoms with E-state index >= 15 is 0 Å². The van der Waals surface area contributed by atoms with Crippen LogP contribution in [-0.4, -0.2) is 32.3 Å². The van der Waals surface area contributed by atoms with Crippen LogP contribution in [0.4, 0.5) is 0 Å². The van der Waals surface area contributed by atoms with Gasteiger partial charge in [0.15, 0.2) is 6.61 Å². The van der Waals surface area contributed by atoms with E-state index in [1.54, 1.807) is 18.2 Å². The average molecular weight is 384 g/mol. The van der Waals surface area contributed by atoms with Crippen molar-refractivity contribution in [3.05, 3.63) is 52.5 Å². The van der Waals surface area contributed by atoms with E-state index in [1.807, 2.05) is 31.2 Å². The largest absolute Gasteiger partial charge is 0.494 e. The summed E-state index contributed by atoms with van der Waals surface area (Å²) >= 11 is 11.9. The Morgan fingerprint density at radius 3 is 2.36 bits per heavy atom. The lowest BCUT2D eigenvalue weighted by atomic mass is 10.3. The normalized spacial score (nSPS) is 10.2. The van der Waals surface area contributed by atoms with Gasteiger partial charge in [-0.3, -0.25) is 4.79 Å². The molecule has 0 fully saturated rings. The first-order chi connectivity index (χ1) is 12.1. The molecule has 2 aromatic carbocycles. The van der Waals surface area contributed by atoms with E-state index in [-0.39, 0.29) is 17.5 Å². The number of ether oxygens (including phenoxy) is 3. The first kappa shape index (κ1) is 19.2. The highest BCUT2D eigenvalue weighted by atomic mass is 35.5. The molecule has 1 amide bonds. The van der Waals surface area contributed by atoms with Gasteiger partial charge in [-0.15, -0.1) is 0 Å². The van der Waals surface area contributed by atoms with E-state index in [0.29, 0.717) is 36.3 Å². The number of amides is 1. The molecular weight excluding hydrogens is 365 g/mol. The third-order valence-corrected chi connectivity index (χ3v) is 3.90. The molecule has 1 N–H and O–H groups in total. The van der Waals surface area contributed by atoms with Crippen LogP contribution in [-0.2, 0) is 4.79 Å². The predicted octanol–water partition coefficient (Wildman–Crippen LogP) is 3.97. The highest BCUT2D eigenvalue weighted by molar-refractivity contribution is 6.42. The first-order valence-corrected chi connectivity index (χ1v) is 8.55.